The lowest BCUT2D eigenvalue weighted by atomic mass is 10.2. The summed E-state index contributed by atoms with van der Waals surface area (Å²) in [4.78, 5) is 18.1. The number of nitrogen functional groups attached to an aromatic ring is 1. The highest BCUT2D eigenvalue weighted by Gasteiger charge is 2.12. The molecular formula is C17H16N6OS. The second kappa shape index (κ2) is 8.04. The molecule has 0 aliphatic heterocycles. The zero-order chi connectivity index (χ0) is 18.4. The lowest BCUT2D eigenvalue weighted by molar-refractivity contribution is -0.113. The summed E-state index contributed by atoms with van der Waals surface area (Å²) in [6.45, 7) is 0. The maximum absolute atomic E-state index is 12.1. The number of aromatic nitrogens is 1. The van der Waals surface area contributed by atoms with Gasteiger partial charge in [0.25, 0.3) is 0 Å². The molecule has 0 aliphatic carbocycles. The predicted molar refractivity (Wildman–Crippen MR) is 98.2 cm³/mol. The molecule has 1 aromatic heterocycles. The van der Waals surface area contributed by atoms with Crippen molar-refractivity contribution in [3.63, 3.8) is 0 Å². The molecule has 25 heavy (non-hydrogen) atoms. The number of carbonyl (C=O) groups excluding carboxylic acids is 1. The van der Waals surface area contributed by atoms with Crippen molar-refractivity contribution < 1.29 is 4.79 Å². The van der Waals surface area contributed by atoms with Crippen LogP contribution in [0, 0.1) is 22.7 Å². The number of benzene rings is 1. The van der Waals surface area contributed by atoms with Crippen LogP contribution in [-0.2, 0) is 4.79 Å². The topological polar surface area (TPSA) is 119 Å². The normalized spacial score (nSPS) is 9.76. The third-order valence-electron chi connectivity index (χ3n) is 3.27. The summed E-state index contributed by atoms with van der Waals surface area (Å²) >= 11 is 1.10. The molecule has 0 aliphatic rings. The molecule has 0 saturated heterocycles. The van der Waals surface area contributed by atoms with Crippen molar-refractivity contribution in [3.05, 3.63) is 41.5 Å². The standard InChI is InChI=1S/C17H16N6OS/c1-23(2)14-5-3-13(4-6-14)21-15(24)10-25-17-12(9-19)7-11(8-18)16(20)22-17/h3-7H,10H2,1-2H3,(H2,20,22)(H,21,24). The van der Waals surface area contributed by atoms with Crippen LogP contribution in [-0.4, -0.2) is 30.7 Å². The Balaban J connectivity index is 2.02. The number of amides is 1. The van der Waals surface area contributed by atoms with E-state index in [4.69, 9.17) is 16.3 Å². The Morgan fingerprint density at radius 3 is 2.44 bits per heavy atom. The van der Waals surface area contributed by atoms with Crippen molar-refractivity contribution in [2.45, 2.75) is 5.03 Å². The molecule has 2 rings (SSSR count). The Hall–Kier alpha value is -3.23. The quantitative estimate of drug-likeness (QED) is 0.792. The zero-order valence-electron chi connectivity index (χ0n) is 13.8. The first-order chi connectivity index (χ1) is 11.9. The largest absolute Gasteiger partial charge is 0.383 e. The SMILES string of the molecule is CN(C)c1ccc(NC(=O)CSc2nc(N)c(C#N)cc2C#N)cc1. The molecule has 126 valence electrons. The number of nitrogens with two attached hydrogens (primary N) is 1. The summed E-state index contributed by atoms with van der Waals surface area (Å²) < 4.78 is 0. The number of anilines is 3. The van der Waals surface area contributed by atoms with E-state index in [1.807, 2.05) is 55.4 Å². The van der Waals surface area contributed by atoms with Gasteiger partial charge in [0.2, 0.25) is 5.91 Å². The van der Waals surface area contributed by atoms with E-state index in [0.717, 1.165) is 17.4 Å². The molecule has 3 N–H and O–H groups in total. The summed E-state index contributed by atoms with van der Waals surface area (Å²) in [6.07, 6.45) is 0. The maximum Gasteiger partial charge on any atom is 0.234 e. The van der Waals surface area contributed by atoms with Crippen LogP contribution < -0.4 is 16.0 Å². The molecule has 0 atom stereocenters. The number of nitrogens with zero attached hydrogens (tertiary/aromatic N) is 4. The van der Waals surface area contributed by atoms with Gasteiger partial charge in [-0.25, -0.2) is 4.98 Å². The summed E-state index contributed by atoms with van der Waals surface area (Å²) in [5.74, 6) is -0.109. The molecular weight excluding hydrogens is 336 g/mol. The highest BCUT2D eigenvalue weighted by atomic mass is 32.2. The minimum absolute atomic E-state index is 0.0451. The van der Waals surface area contributed by atoms with Crippen LogP contribution in [0.1, 0.15) is 11.1 Å². The van der Waals surface area contributed by atoms with Crippen molar-refractivity contribution in [2.75, 3.05) is 35.8 Å². The minimum Gasteiger partial charge on any atom is -0.383 e. The summed E-state index contributed by atoms with van der Waals surface area (Å²) in [7, 11) is 3.88. The third-order valence-corrected chi connectivity index (χ3v) is 4.26. The average Bonchev–Trinajstić information content (AvgIpc) is 2.60. The second-order valence-electron chi connectivity index (χ2n) is 5.28. The van der Waals surface area contributed by atoms with Crippen LogP contribution in [0.2, 0.25) is 0 Å². The van der Waals surface area contributed by atoms with Gasteiger partial charge in [-0.15, -0.1) is 0 Å². The smallest absolute Gasteiger partial charge is 0.234 e. The van der Waals surface area contributed by atoms with Crippen LogP contribution in [0.4, 0.5) is 17.2 Å². The highest BCUT2D eigenvalue weighted by Crippen LogP contribution is 2.24. The fraction of sp³-hybridized carbons (Fsp3) is 0.176. The number of thioether (sulfide) groups is 1. The van der Waals surface area contributed by atoms with E-state index in [-0.39, 0.29) is 28.6 Å². The number of nitrogens with one attached hydrogen (secondary N) is 1. The first kappa shape index (κ1) is 18.1. The van der Waals surface area contributed by atoms with E-state index in [1.165, 1.54) is 6.07 Å². The Labute approximate surface area is 150 Å². The Bertz CT molecular complexity index is 864. The van der Waals surface area contributed by atoms with E-state index in [9.17, 15) is 4.79 Å². The maximum atomic E-state index is 12.1. The fourth-order valence-electron chi connectivity index (χ4n) is 1.96. The van der Waals surface area contributed by atoms with Crippen LogP contribution >= 0.6 is 11.8 Å². The average molecular weight is 352 g/mol. The first-order valence-electron chi connectivity index (χ1n) is 7.25. The van der Waals surface area contributed by atoms with E-state index in [0.29, 0.717) is 10.7 Å². The molecule has 0 unspecified atom stereocenters. The molecule has 0 saturated carbocycles. The van der Waals surface area contributed by atoms with Crippen molar-refractivity contribution in [3.8, 4) is 12.1 Å². The number of rotatable bonds is 5. The van der Waals surface area contributed by atoms with Crippen LogP contribution in [0.15, 0.2) is 35.4 Å². The van der Waals surface area contributed by atoms with E-state index in [2.05, 4.69) is 10.3 Å². The molecule has 7 nitrogen and oxygen atoms in total. The monoisotopic (exact) mass is 352 g/mol. The molecule has 1 aromatic carbocycles. The van der Waals surface area contributed by atoms with Crippen LogP contribution in [0.5, 0.6) is 0 Å². The van der Waals surface area contributed by atoms with Crippen LogP contribution in [0.3, 0.4) is 0 Å². The molecule has 8 heteroatoms. The summed E-state index contributed by atoms with van der Waals surface area (Å²) in [6, 6.07) is 12.7. The third kappa shape index (κ3) is 4.63. The van der Waals surface area contributed by atoms with Gasteiger partial charge in [-0.1, -0.05) is 11.8 Å². The van der Waals surface area contributed by atoms with Crippen molar-refractivity contribution in [2.24, 2.45) is 0 Å². The van der Waals surface area contributed by atoms with Gasteiger partial charge in [-0.3, -0.25) is 4.79 Å². The zero-order valence-corrected chi connectivity index (χ0v) is 14.6. The molecule has 2 aromatic rings. The van der Waals surface area contributed by atoms with Crippen LogP contribution in [0.25, 0.3) is 0 Å². The van der Waals surface area contributed by atoms with Gasteiger partial charge < -0.3 is 16.0 Å². The molecule has 1 amide bonds. The molecule has 0 bridgehead atoms. The van der Waals surface area contributed by atoms with Crippen molar-refractivity contribution >= 4 is 34.9 Å². The molecule has 0 radical (unpaired) electrons. The fourth-order valence-corrected chi connectivity index (χ4v) is 2.73. The van der Waals surface area contributed by atoms with E-state index >= 15 is 0 Å². The number of hydrogen-bond donors (Lipinski definition) is 2. The molecule has 1 heterocycles. The summed E-state index contributed by atoms with van der Waals surface area (Å²) in [5, 5.41) is 21.2. The van der Waals surface area contributed by atoms with Gasteiger partial charge in [0, 0.05) is 25.5 Å². The lowest BCUT2D eigenvalue weighted by Crippen LogP contribution is -2.15. The Morgan fingerprint density at radius 2 is 1.88 bits per heavy atom. The first-order valence-corrected chi connectivity index (χ1v) is 8.24. The number of hydrogen-bond acceptors (Lipinski definition) is 7. The van der Waals surface area contributed by atoms with Gasteiger partial charge >= 0.3 is 0 Å². The van der Waals surface area contributed by atoms with Gasteiger partial charge in [-0.2, -0.15) is 10.5 Å². The summed E-state index contributed by atoms with van der Waals surface area (Å²) in [5.41, 5.74) is 7.74. The Morgan fingerprint density at radius 1 is 1.24 bits per heavy atom. The predicted octanol–water partition coefficient (Wildman–Crippen LogP) is 2.20. The van der Waals surface area contributed by atoms with Gasteiger partial charge in [0.1, 0.15) is 23.0 Å². The van der Waals surface area contributed by atoms with Gasteiger partial charge in [-0.05, 0) is 30.3 Å². The molecule has 0 fully saturated rings. The van der Waals surface area contributed by atoms with Gasteiger partial charge in [0.05, 0.1) is 16.9 Å². The number of nitriles is 2. The molecule has 0 spiro atoms. The number of carbonyl (C=O) groups is 1. The van der Waals surface area contributed by atoms with E-state index < -0.39 is 0 Å². The van der Waals surface area contributed by atoms with Crippen molar-refractivity contribution in [1.82, 2.24) is 4.98 Å². The van der Waals surface area contributed by atoms with E-state index in [1.54, 1.807) is 0 Å². The van der Waals surface area contributed by atoms with Gasteiger partial charge in [0.15, 0.2) is 0 Å². The van der Waals surface area contributed by atoms with Crippen molar-refractivity contribution in [1.29, 1.82) is 10.5 Å². The highest BCUT2D eigenvalue weighted by molar-refractivity contribution is 8.00. The lowest BCUT2D eigenvalue weighted by Gasteiger charge is -2.13. The Kier molecular flexibility index (Phi) is 5.83. The second-order valence-corrected chi connectivity index (χ2v) is 6.24. The number of pyridine rings is 1. The minimum atomic E-state index is -0.226.